The second-order valence-corrected chi connectivity index (χ2v) is 6.17. The van der Waals surface area contributed by atoms with Gasteiger partial charge in [0.05, 0.1) is 0 Å². The lowest BCUT2D eigenvalue weighted by Gasteiger charge is -2.41. The van der Waals surface area contributed by atoms with Crippen LogP contribution in [0.2, 0.25) is 0 Å². The number of hydrogen-bond acceptors (Lipinski definition) is 2. The fourth-order valence-corrected chi connectivity index (χ4v) is 3.65. The molecule has 2 bridgehead atoms. The van der Waals surface area contributed by atoms with Crippen LogP contribution in [0.3, 0.4) is 0 Å². The molecule has 1 N–H and O–H groups in total. The number of alkyl halides is 2. The summed E-state index contributed by atoms with van der Waals surface area (Å²) in [5.74, 6) is -3.13. The molecule has 0 radical (unpaired) electrons. The Labute approximate surface area is 118 Å². The van der Waals surface area contributed by atoms with Crippen LogP contribution in [0.5, 0.6) is 0 Å². The molecule has 3 fully saturated rings. The van der Waals surface area contributed by atoms with Crippen LogP contribution < -0.4 is 5.32 Å². The fraction of sp³-hybridized carbons (Fsp3) is 0.923. The molecule has 1 aliphatic carbocycles. The summed E-state index contributed by atoms with van der Waals surface area (Å²) in [6.07, 6.45) is 3.81. The molecule has 6 heteroatoms. The summed E-state index contributed by atoms with van der Waals surface area (Å²) in [5.41, 5.74) is 0. The number of nitrogens with one attached hydrogen (secondary N) is 1. The topological polar surface area (TPSA) is 32.3 Å². The van der Waals surface area contributed by atoms with E-state index in [2.05, 4.69) is 5.32 Å². The van der Waals surface area contributed by atoms with Gasteiger partial charge in [0, 0.05) is 43.9 Å². The molecule has 110 valence electrons. The number of fused-ring (bicyclic) bond motifs is 2. The Morgan fingerprint density at radius 1 is 1.21 bits per heavy atom. The fourth-order valence-electron chi connectivity index (χ4n) is 3.65. The second-order valence-electron chi connectivity index (χ2n) is 6.17. The maximum absolute atomic E-state index is 12.8. The number of carbonyl (C=O) groups is 1. The van der Waals surface area contributed by atoms with Gasteiger partial charge in [0.25, 0.3) is 0 Å². The number of halogens is 3. The quantitative estimate of drug-likeness (QED) is 0.847. The molecular weight excluding hydrogens is 274 g/mol. The number of amides is 1. The average molecular weight is 295 g/mol. The Balaban J connectivity index is 0.00000133. The van der Waals surface area contributed by atoms with Gasteiger partial charge >= 0.3 is 0 Å². The van der Waals surface area contributed by atoms with Crippen LogP contribution in [0.1, 0.15) is 38.5 Å². The summed E-state index contributed by atoms with van der Waals surface area (Å²) in [5, 5.41) is 3.53. The monoisotopic (exact) mass is 294 g/mol. The third-order valence-electron chi connectivity index (χ3n) is 4.78. The van der Waals surface area contributed by atoms with Gasteiger partial charge in [-0.05, 0) is 25.7 Å². The molecule has 2 unspecified atom stereocenters. The van der Waals surface area contributed by atoms with Gasteiger partial charge < -0.3 is 10.2 Å². The molecule has 2 heterocycles. The highest BCUT2D eigenvalue weighted by molar-refractivity contribution is 5.85. The van der Waals surface area contributed by atoms with Gasteiger partial charge in [0.15, 0.2) is 0 Å². The first-order chi connectivity index (χ1) is 8.44. The molecule has 0 spiro atoms. The van der Waals surface area contributed by atoms with Crippen molar-refractivity contribution in [1.29, 1.82) is 0 Å². The Morgan fingerprint density at radius 2 is 1.74 bits per heavy atom. The Kier molecular flexibility index (Phi) is 4.07. The molecule has 19 heavy (non-hydrogen) atoms. The number of nitrogens with zero attached hydrogens (tertiary/aromatic N) is 1. The zero-order valence-corrected chi connectivity index (χ0v) is 11.9. The van der Waals surface area contributed by atoms with Gasteiger partial charge in [-0.3, -0.25) is 4.79 Å². The van der Waals surface area contributed by atoms with E-state index in [1.807, 2.05) is 0 Å². The van der Waals surface area contributed by atoms with Gasteiger partial charge in [0.1, 0.15) is 0 Å². The average Bonchev–Trinajstić information content (AvgIpc) is 2.63. The molecule has 2 aliphatic heterocycles. The van der Waals surface area contributed by atoms with Crippen molar-refractivity contribution in [3.8, 4) is 0 Å². The van der Waals surface area contributed by atoms with E-state index >= 15 is 0 Å². The van der Waals surface area contributed by atoms with Crippen molar-refractivity contribution in [2.45, 2.75) is 62.6 Å². The molecule has 3 nitrogen and oxygen atoms in total. The maximum Gasteiger partial charge on any atom is 0.249 e. The first-order valence-corrected chi connectivity index (χ1v) is 6.85. The van der Waals surface area contributed by atoms with Crippen LogP contribution in [0.15, 0.2) is 0 Å². The first-order valence-electron chi connectivity index (χ1n) is 6.85. The SMILES string of the molecule is CN(C(=O)C1CC(F)(F)C1)C1CC2CCC(C1)N2.Cl. The van der Waals surface area contributed by atoms with Crippen molar-refractivity contribution in [2.24, 2.45) is 5.92 Å². The van der Waals surface area contributed by atoms with Gasteiger partial charge in [-0.2, -0.15) is 0 Å². The van der Waals surface area contributed by atoms with Crippen molar-refractivity contribution in [3.05, 3.63) is 0 Å². The summed E-state index contributed by atoms with van der Waals surface area (Å²) < 4.78 is 25.6. The molecule has 2 saturated heterocycles. The van der Waals surface area contributed by atoms with Crippen LogP contribution in [0.25, 0.3) is 0 Å². The summed E-state index contributed by atoms with van der Waals surface area (Å²) >= 11 is 0. The predicted octanol–water partition coefficient (Wildman–Crippen LogP) is 2.19. The van der Waals surface area contributed by atoms with E-state index in [4.69, 9.17) is 0 Å². The van der Waals surface area contributed by atoms with Crippen molar-refractivity contribution >= 4 is 18.3 Å². The smallest absolute Gasteiger partial charge is 0.249 e. The molecule has 1 amide bonds. The van der Waals surface area contributed by atoms with E-state index < -0.39 is 11.8 Å². The number of piperidine rings is 1. The zero-order valence-electron chi connectivity index (χ0n) is 11.1. The maximum atomic E-state index is 12.8. The van der Waals surface area contributed by atoms with Gasteiger partial charge in [0.2, 0.25) is 11.8 Å². The van der Waals surface area contributed by atoms with Crippen LogP contribution in [0.4, 0.5) is 8.78 Å². The predicted molar refractivity (Wildman–Crippen MR) is 70.7 cm³/mol. The minimum Gasteiger partial charge on any atom is -0.342 e. The van der Waals surface area contributed by atoms with Gasteiger partial charge in [-0.15, -0.1) is 12.4 Å². The van der Waals surface area contributed by atoms with E-state index in [1.165, 1.54) is 12.8 Å². The van der Waals surface area contributed by atoms with E-state index in [0.29, 0.717) is 12.1 Å². The molecule has 3 aliphatic rings. The number of hydrogen-bond donors (Lipinski definition) is 1. The van der Waals surface area contributed by atoms with Gasteiger partial charge in [-0.25, -0.2) is 8.78 Å². The normalized spacial score (nSPS) is 36.3. The van der Waals surface area contributed by atoms with E-state index in [0.717, 1.165) is 12.8 Å². The molecular formula is C13H21ClF2N2O. The Bertz CT molecular complexity index is 347. The molecule has 1 saturated carbocycles. The molecule has 0 aromatic carbocycles. The Hall–Kier alpha value is -0.420. The standard InChI is InChI=1S/C13H20F2N2O.ClH/c1-17(12(18)8-6-13(14,15)7-8)11-4-9-2-3-10(5-11)16-9;/h8-11,16H,2-7H2,1H3;1H. The lowest BCUT2D eigenvalue weighted by atomic mass is 9.80. The molecule has 0 aromatic heterocycles. The third kappa shape index (κ3) is 2.87. The summed E-state index contributed by atoms with van der Waals surface area (Å²) in [4.78, 5) is 13.9. The van der Waals surface area contributed by atoms with Crippen molar-refractivity contribution in [1.82, 2.24) is 10.2 Å². The van der Waals surface area contributed by atoms with Crippen molar-refractivity contribution in [3.63, 3.8) is 0 Å². The van der Waals surface area contributed by atoms with E-state index in [9.17, 15) is 13.6 Å². The highest BCUT2D eigenvalue weighted by Gasteiger charge is 2.50. The largest absolute Gasteiger partial charge is 0.342 e. The highest BCUT2D eigenvalue weighted by atomic mass is 35.5. The zero-order chi connectivity index (χ0) is 12.9. The van der Waals surface area contributed by atoms with Crippen LogP contribution in [-0.4, -0.2) is 41.9 Å². The van der Waals surface area contributed by atoms with Gasteiger partial charge in [-0.1, -0.05) is 0 Å². The summed E-state index contributed by atoms with van der Waals surface area (Å²) in [6.45, 7) is 0. The molecule has 2 atom stereocenters. The summed E-state index contributed by atoms with van der Waals surface area (Å²) in [7, 11) is 1.79. The summed E-state index contributed by atoms with van der Waals surface area (Å²) in [6, 6.07) is 1.28. The lowest BCUT2D eigenvalue weighted by molar-refractivity contribution is -0.161. The van der Waals surface area contributed by atoms with Crippen LogP contribution in [-0.2, 0) is 4.79 Å². The van der Waals surface area contributed by atoms with Crippen LogP contribution in [0, 0.1) is 5.92 Å². The number of rotatable bonds is 2. The second kappa shape index (κ2) is 5.17. The lowest BCUT2D eigenvalue weighted by Crippen LogP contribution is -2.53. The third-order valence-corrected chi connectivity index (χ3v) is 4.78. The van der Waals surface area contributed by atoms with Crippen molar-refractivity contribution in [2.75, 3.05) is 7.05 Å². The van der Waals surface area contributed by atoms with E-state index in [1.54, 1.807) is 11.9 Å². The minimum absolute atomic E-state index is 0. The Morgan fingerprint density at radius 3 is 2.21 bits per heavy atom. The van der Waals surface area contributed by atoms with Crippen LogP contribution >= 0.6 is 12.4 Å². The number of carbonyl (C=O) groups excluding carboxylic acids is 1. The van der Waals surface area contributed by atoms with E-state index in [-0.39, 0.29) is 37.2 Å². The first kappa shape index (κ1) is 15.0. The molecule has 3 rings (SSSR count). The van der Waals surface area contributed by atoms with Crippen molar-refractivity contribution < 1.29 is 13.6 Å². The highest BCUT2D eigenvalue weighted by Crippen LogP contribution is 2.43. The molecule has 0 aromatic rings. The minimum atomic E-state index is -2.60.